The molecule has 0 aliphatic heterocycles. The van der Waals surface area contributed by atoms with E-state index >= 15 is 0 Å². The summed E-state index contributed by atoms with van der Waals surface area (Å²) >= 11 is 0. The monoisotopic (exact) mass is 148 g/mol. The van der Waals surface area contributed by atoms with Crippen molar-refractivity contribution in [2.45, 2.75) is 13.5 Å². The number of benzene rings is 1. The number of hydrogen-bond acceptors (Lipinski definition) is 1. The van der Waals surface area contributed by atoms with Gasteiger partial charge in [0.05, 0.1) is 6.61 Å². The number of rotatable bonds is 3. The molecule has 1 aromatic carbocycles. The molecule has 1 rings (SSSR count). The van der Waals surface area contributed by atoms with Crippen molar-refractivity contribution in [3.05, 3.63) is 29.8 Å². The Morgan fingerprint density at radius 1 is 1.27 bits per heavy atom. The summed E-state index contributed by atoms with van der Waals surface area (Å²) < 4.78 is 5.26. The van der Waals surface area contributed by atoms with Crippen molar-refractivity contribution in [1.82, 2.24) is 0 Å². The summed E-state index contributed by atoms with van der Waals surface area (Å²) in [5.41, 5.74) is 2.54. The molecule has 0 heterocycles. The molecule has 1 aromatic rings. The van der Waals surface area contributed by atoms with E-state index in [-0.39, 0.29) is 0 Å². The van der Waals surface area contributed by atoms with Crippen LogP contribution in [0.5, 0.6) is 0 Å². The lowest BCUT2D eigenvalue weighted by Crippen LogP contribution is -2.01. The molecule has 0 saturated carbocycles. The highest BCUT2D eigenvalue weighted by Gasteiger charge is 1.89. The SMILES string of the molecule is Bc1ccc(COCC)cc1. The smallest absolute Gasteiger partial charge is 0.139 e. The van der Waals surface area contributed by atoms with Crippen molar-refractivity contribution >= 4 is 13.3 Å². The van der Waals surface area contributed by atoms with Gasteiger partial charge in [-0.05, 0) is 12.5 Å². The van der Waals surface area contributed by atoms with Crippen molar-refractivity contribution in [2.24, 2.45) is 0 Å². The lowest BCUT2D eigenvalue weighted by atomic mass is 9.95. The quantitative estimate of drug-likeness (QED) is 0.566. The van der Waals surface area contributed by atoms with Gasteiger partial charge < -0.3 is 4.74 Å². The third kappa shape index (κ3) is 2.77. The highest BCUT2D eigenvalue weighted by Crippen LogP contribution is 1.97. The molecule has 11 heavy (non-hydrogen) atoms. The molecule has 0 saturated heterocycles. The average Bonchev–Trinajstić information content (AvgIpc) is 2.04. The normalized spacial score (nSPS) is 9.91. The van der Waals surface area contributed by atoms with Crippen LogP contribution in [0.4, 0.5) is 0 Å². The van der Waals surface area contributed by atoms with E-state index in [1.807, 2.05) is 6.92 Å². The third-order valence-corrected chi connectivity index (χ3v) is 1.59. The minimum Gasteiger partial charge on any atom is -0.377 e. The van der Waals surface area contributed by atoms with Gasteiger partial charge >= 0.3 is 0 Å². The van der Waals surface area contributed by atoms with Crippen molar-refractivity contribution in [1.29, 1.82) is 0 Å². The predicted molar refractivity (Wildman–Crippen MR) is 50.0 cm³/mol. The van der Waals surface area contributed by atoms with Crippen LogP contribution in [0.1, 0.15) is 12.5 Å². The van der Waals surface area contributed by atoms with E-state index in [2.05, 4.69) is 32.1 Å². The fourth-order valence-corrected chi connectivity index (χ4v) is 0.904. The Morgan fingerprint density at radius 3 is 2.45 bits per heavy atom. The second-order valence-electron chi connectivity index (χ2n) is 2.62. The summed E-state index contributed by atoms with van der Waals surface area (Å²) in [6, 6.07) is 8.42. The summed E-state index contributed by atoms with van der Waals surface area (Å²) in [6.07, 6.45) is 0. The zero-order chi connectivity index (χ0) is 8.10. The minimum atomic E-state index is 0.733. The molecule has 0 N–H and O–H groups in total. The fraction of sp³-hybridized carbons (Fsp3) is 0.333. The van der Waals surface area contributed by atoms with Gasteiger partial charge in [0.15, 0.2) is 0 Å². The summed E-state index contributed by atoms with van der Waals surface area (Å²) in [6.45, 7) is 3.53. The van der Waals surface area contributed by atoms with Crippen molar-refractivity contribution in [3.8, 4) is 0 Å². The average molecular weight is 148 g/mol. The van der Waals surface area contributed by atoms with E-state index in [4.69, 9.17) is 4.74 Å². The van der Waals surface area contributed by atoms with Gasteiger partial charge in [-0.3, -0.25) is 0 Å². The van der Waals surface area contributed by atoms with Gasteiger partial charge in [0.1, 0.15) is 7.85 Å². The van der Waals surface area contributed by atoms with Crippen LogP contribution in [-0.2, 0) is 11.3 Å². The third-order valence-electron chi connectivity index (χ3n) is 1.59. The highest BCUT2D eigenvalue weighted by molar-refractivity contribution is 6.32. The largest absolute Gasteiger partial charge is 0.377 e. The van der Waals surface area contributed by atoms with Crippen LogP contribution in [0.3, 0.4) is 0 Å². The standard InChI is InChI=1S/C9H13BO/c1-2-11-7-8-3-5-9(10)6-4-8/h3-6H,2,7,10H2,1H3. The van der Waals surface area contributed by atoms with E-state index in [9.17, 15) is 0 Å². The van der Waals surface area contributed by atoms with E-state index in [0.29, 0.717) is 0 Å². The van der Waals surface area contributed by atoms with E-state index in [1.165, 1.54) is 11.0 Å². The molecule has 0 atom stereocenters. The van der Waals surface area contributed by atoms with Crippen LogP contribution in [-0.4, -0.2) is 14.5 Å². The highest BCUT2D eigenvalue weighted by atomic mass is 16.5. The number of hydrogen-bond donors (Lipinski definition) is 0. The zero-order valence-electron chi connectivity index (χ0n) is 7.13. The van der Waals surface area contributed by atoms with Gasteiger partial charge in [-0.25, -0.2) is 0 Å². The molecule has 0 spiro atoms. The van der Waals surface area contributed by atoms with E-state index < -0.39 is 0 Å². The maximum Gasteiger partial charge on any atom is 0.139 e. The lowest BCUT2D eigenvalue weighted by Gasteiger charge is -2.00. The molecule has 58 valence electrons. The first-order valence-electron chi connectivity index (χ1n) is 3.96. The Kier molecular flexibility index (Phi) is 3.18. The Morgan fingerprint density at radius 2 is 1.91 bits per heavy atom. The lowest BCUT2D eigenvalue weighted by molar-refractivity contribution is 0.134. The molecular formula is C9H13BO. The molecule has 0 aromatic heterocycles. The number of ether oxygens (including phenoxy) is 1. The van der Waals surface area contributed by atoms with Gasteiger partial charge in [-0.15, -0.1) is 0 Å². The molecule has 0 radical (unpaired) electrons. The summed E-state index contributed by atoms with van der Waals surface area (Å²) in [7, 11) is 2.09. The van der Waals surface area contributed by atoms with Crippen LogP contribution in [0.15, 0.2) is 24.3 Å². The summed E-state index contributed by atoms with van der Waals surface area (Å²) in [4.78, 5) is 0. The van der Waals surface area contributed by atoms with Crippen LogP contribution in [0, 0.1) is 0 Å². The molecule has 0 fully saturated rings. The van der Waals surface area contributed by atoms with Gasteiger partial charge in [-0.1, -0.05) is 29.7 Å². The van der Waals surface area contributed by atoms with Gasteiger partial charge in [0.25, 0.3) is 0 Å². The first-order chi connectivity index (χ1) is 5.33. The van der Waals surface area contributed by atoms with Gasteiger partial charge in [0.2, 0.25) is 0 Å². The Hall–Kier alpha value is -0.755. The molecule has 1 nitrogen and oxygen atoms in total. The van der Waals surface area contributed by atoms with Crippen molar-refractivity contribution < 1.29 is 4.74 Å². The first kappa shape index (κ1) is 8.34. The van der Waals surface area contributed by atoms with Crippen LogP contribution in [0.25, 0.3) is 0 Å². The second-order valence-corrected chi connectivity index (χ2v) is 2.62. The van der Waals surface area contributed by atoms with Crippen LogP contribution < -0.4 is 5.46 Å². The maximum atomic E-state index is 5.26. The summed E-state index contributed by atoms with van der Waals surface area (Å²) in [5.74, 6) is 0. The molecule has 0 unspecified atom stereocenters. The van der Waals surface area contributed by atoms with Crippen molar-refractivity contribution in [2.75, 3.05) is 6.61 Å². The van der Waals surface area contributed by atoms with Gasteiger partial charge in [0, 0.05) is 6.61 Å². The van der Waals surface area contributed by atoms with E-state index in [0.717, 1.165) is 13.2 Å². The molecule has 0 amide bonds. The molecule has 0 aliphatic rings. The molecule has 0 aliphatic carbocycles. The van der Waals surface area contributed by atoms with Crippen molar-refractivity contribution in [3.63, 3.8) is 0 Å². The zero-order valence-corrected chi connectivity index (χ0v) is 7.13. The maximum absolute atomic E-state index is 5.26. The molecular weight excluding hydrogens is 135 g/mol. The van der Waals surface area contributed by atoms with Gasteiger partial charge in [-0.2, -0.15) is 0 Å². The second kappa shape index (κ2) is 4.19. The Labute approximate surface area is 68.8 Å². The topological polar surface area (TPSA) is 9.23 Å². The Balaban J connectivity index is 2.52. The summed E-state index contributed by atoms with van der Waals surface area (Å²) in [5, 5.41) is 0. The minimum absolute atomic E-state index is 0.733. The molecule has 2 heteroatoms. The van der Waals surface area contributed by atoms with Crippen LogP contribution >= 0.6 is 0 Å². The first-order valence-corrected chi connectivity index (χ1v) is 3.96. The Bertz CT molecular complexity index is 205. The fourth-order valence-electron chi connectivity index (χ4n) is 0.904. The van der Waals surface area contributed by atoms with E-state index in [1.54, 1.807) is 0 Å². The predicted octanol–water partition coefficient (Wildman–Crippen LogP) is 0.482. The molecule has 0 bridgehead atoms. The van der Waals surface area contributed by atoms with Crippen LogP contribution in [0.2, 0.25) is 0 Å².